The number of carboxylic acid groups (broad SMARTS) is 1. The number of aliphatic carboxylic acids is 1. The van der Waals surface area contributed by atoms with Gasteiger partial charge in [0, 0.05) is 6.20 Å². The molecule has 1 heterocycles. The van der Waals surface area contributed by atoms with E-state index in [4.69, 9.17) is 9.84 Å². The molecular formula is C12H17NO3. The van der Waals surface area contributed by atoms with E-state index < -0.39 is 11.9 Å². The van der Waals surface area contributed by atoms with Gasteiger partial charge in [-0.2, -0.15) is 0 Å². The van der Waals surface area contributed by atoms with E-state index in [-0.39, 0.29) is 0 Å². The van der Waals surface area contributed by atoms with E-state index in [0.717, 1.165) is 12.8 Å². The van der Waals surface area contributed by atoms with Gasteiger partial charge in [0.2, 0.25) is 0 Å². The predicted octanol–water partition coefficient (Wildman–Crippen LogP) is 2.45. The van der Waals surface area contributed by atoms with E-state index >= 15 is 0 Å². The Balaban J connectivity index is 2.87. The fraction of sp³-hybridized carbons (Fsp3) is 0.500. The minimum atomic E-state index is -0.802. The van der Waals surface area contributed by atoms with Crippen LogP contribution in [-0.2, 0) is 4.79 Å². The predicted molar refractivity (Wildman–Crippen MR) is 60.7 cm³/mol. The van der Waals surface area contributed by atoms with Crippen LogP contribution in [-0.4, -0.2) is 23.2 Å². The fourth-order valence-corrected chi connectivity index (χ4v) is 1.58. The van der Waals surface area contributed by atoms with Crippen molar-refractivity contribution in [3.05, 3.63) is 24.0 Å². The molecule has 0 saturated heterocycles. The molecule has 0 aliphatic heterocycles. The summed E-state index contributed by atoms with van der Waals surface area (Å²) in [5.41, 5.74) is 0.709. The molecule has 1 unspecified atom stereocenters. The first-order valence-corrected chi connectivity index (χ1v) is 5.40. The molecule has 88 valence electrons. The first kappa shape index (κ1) is 12.5. The van der Waals surface area contributed by atoms with Gasteiger partial charge >= 0.3 is 5.97 Å². The average Bonchev–Trinajstić information content (AvgIpc) is 2.29. The Morgan fingerprint density at radius 1 is 1.56 bits per heavy atom. The summed E-state index contributed by atoms with van der Waals surface area (Å²) < 4.78 is 5.03. The number of methoxy groups -OCH3 is 1. The first-order chi connectivity index (χ1) is 7.69. The number of nitrogens with zero attached hydrogens (tertiary/aromatic N) is 1. The van der Waals surface area contributed by atoms with Gasteiger partial charge < -0.3 is 9.84 Å². The monoisotopic (exact) mass is 223 g/mol. The number of carbonyl (C=O) groups is 1. The maximum Gasteiger partial charge on any atom is 0.311 e. The molecule has 1 rings (SSSR count). The zero-order chi connectivity index (χ0) is 12.0. The molecule has 0 radical (unpaired) electrons. The van der Waals surface area contributed by atoms with E-state index in [2.05, 4.69) is 4.98 Å². The van der Waals surface area contributed by atoms with Gasteiger partial charge in [-0.15, -0.1) is 0 Å². The van der Waals surface area contributed by atoms with Gasteiger partial charge in [0.1, 0.15) is 5.75 Å². The molecule has 1 atom stereocenters. The highest BCUT2D eigenvalue weighted by molar-refractivity contribution is 5.76. The minimum Gasteiger partial charge on any atom is -0.495 e. The topological polar surface area (TPSA) is 59.4 Å². The van der Waals surface area contributed by atoms with Gasteiger partial charge in [0.05, 0.1) is 19.2 Å². The van der Waals surface area contributed by atoms with Crippen molar-refractivity contribution in [2.24, 2.45) is 0 Å². The lowest BCUT2D eigenvalue weighted by Gasteiger charge is -2.12. The highest BCUT2D eigenvalue weighted by Gasteiger charge is 2.19. The lowest BCUT2D eigenvalue weighted by atomic mass is 9.95. The second kappa shape index (κ2) is 6.10. The van der Waals surface area contributed by atoms with Crippen LogP contribution in [0.1, 0.15) is 37.7 Å². The molecule has 1 aromatic rings. The third kappa shape index (κ3) is 3.22. The van der Waals surface area contributed by atoms with Crippen molar-refractivity contribution in [1.82, 2.24) is 4.98 Å². The van der Waals surface area contributed by atoms with Crippen LogP contribution in [0.3, 0.4) is 0 Å². The van der Waals surface area contributed by atoms with Gasteiger partial charge in [0.15, 0.2) is 0 Å². The number of carboxylic acids is 1. The lowest BCUT2D eigenvalue weighted by Crippen LogP contribution is -2.12. The Hall–Kier alpha value is -1.58. The van der Waals surface area contributed by atoms with Crippen LogP contribution >= 0.6 is 0 Å². The Bertz CT molecular complexity index is 352. The normalized spacial score (nSPS) is 12.1. The lowest BCUT2D eigenvalue weighted by molar-refractivity contribution is -0.139. The molecule has 0 aliphatic carbocycles. The smallest absolute Gasteiger partial charge is 0.311 e. The molecule has 0 bridgehead atoms. The van der Waals surface area contributed by atoms with Crippen LogP contribution in [0.5, 0.6) is 5.75 Å². The Morgan fingerprint density at radius 3 is 2.88 bits per heavy atom. The maximum atomic E-state index is 11.1. The van der Waals surface area contributed by atoms with E-state index in [0.29, 0.717) is 17.7 Å². The van der Waals surface area contributed by atoms with Crippen LogP contribution in [0.25, 0.3) is 0 Å². The van der Waals surface area contributed by atoms with Crippen molar-refractivity contribution < 1.29 is 14.6 Å². The van der Waals surface area contributed by atoms with Crippen molar-refractivity contribution in [2.45, 2.75) is 32.1 Å². The zero-order valence-electron chi connectivity index (χ0n) is 9.64. The number of rotatable bonds is 6. The van der Waals surface area contributed by atoms with Crippen molar-refractivity contribution in [3.8, 4) is 5.75 Å². The van der Waals surface area contributed by atoms with Crippen molar-refractivity contribution >= 4 is 5.97 Å². The number of hydrogen-bond acceptors (Lipinski definition) is 3. The van der Waals surface area contributed by atoms with Crippen LogP contribution in [0.15, 0.2) is 18.5 Å². The highest BCUT2D eigenvalue weighted by Crippen LogP contribution is 2.24. The molecule has 0 aliphatic rings. The summed E-state index contributed by atoms with van der Waals surface area (Å²) in [5, 5.41) is 9.15. The van der Waals surface area contributed by atoms with E-state index in [1.54, 1.807) is 25.6 Å². The summed E-state index contributed by atoms with van der Waals surface area (Å²) in [6.45, 7) is 2.04. The number of unbranched alkanes of at least 4 members (excludes halogenated alkanes) is 1. The molecule has 0 saturated carbocycles. The number of hydrogen-bond donors (Lipinski definition) is 1. The van der Waals surface area contributed by atoms with E-state index in [9.17, 15) is 4.79 Å². The van der Waals surface area contributed by atoms with Crippen molar-refractivity contribution in [3.63, 3.8) is 0 Å². The fourth-order valence-electron chi connectivity index (χ4n) is 1.58. The second-order valence-corrected chi connectivity index (χ2v) is 3.69. The minimum absolute atomic E-state index is 0.484. The van der Waals surface area contributed by atoms with Crippen molar-refractivity contribution in [1.29, 1.82) is 0 Å². The molecule has 0 amide bonds. The molecule has 0 fully saturated rings. The van der Waals surface area contributed by atoms with Crippen molar-refractivity contribution in [2.75, 3.05) is 7.11 Å². The summed E-state index contributed by atoms with van der Waals surface area (Å²) in [5.74, 6) is -0.689. The largest absolute Gasteiger partial charge is 0.495 e. The molecule has 0 aromatic carbocycles. The standard InChI is InChI=1S/C12H17NO3/c1-3-4-5-11(12(14)15)9-6-10(16-2)8-13-7-9/h6-8,11H,3-5H2,1-2H3,(H,14,15). The Morgan fingerprint density at radius 2 is 2.31 bits per heavy atom. The van der Waals surface area contributed by atoms with Gasteiger partial charge in [-0.3, -0.25) is 9.78 Å². The summed E-state index contributed by atoms with van der Waals surface area (Å²) in [4.78, 5) is 15.1. The molecular weight excluding hydrogens is 206 g/mol. The third-order valence-corrected chi connectivity index (χ3v) is 2.52. The van der Waals surface area contributed by atoms with Crippen LogP contribution < -0.4 is 4.74 Å². The maximum absolute atomic E-state index is 11.1. The van der Waals surface area contributed by atoms with Crippen LogP contribution in [0, 0.1) is 0 Å². The quantitative estimate of drug-likeness (QED) is 0.804. The summed E-state index contributed by atoms with van der Waals surface area (Å²) in [7, 11) is 1.54. The highest BCUT2D eigenvalue weighted by atomic mass is 16.5. The SMILES string of the molecule is CCCCC(C(=O)O)c1cncc(OC)c1. The number of pyridine rings is 1. The van der Waals surface area contributed by atoms with Gasteiger partial charge in [0.25, 0.3) is 0 Å². The number of ether oxygens (including phenoxy) is 1. The first-order valence-electron chi connectivity index (χ1n) is 5.40. The molecule has 4 heteroatoms. The van der Waals surface area contributed by atoms with Gasteiger partial charge in [-0.25, -0.2) is 0 Å². The van der Waals surface area contributed by atoms with Gasteiger partial charge in [-0.1, -0.05) is 19.8 Å². The van der Waals surface area contributed by atoms with Crippen LogP contribution in [0.2, 0.25) is 0 Å². The molecule has 0 spiro atoms. The third-order valence-electron chi connectivity index (χ3n) is 2.52. The summed E-state index contributed by atoms with van der Waals surface area (Å²) in [6, 6.07) is 1.74. The average molecular weight is 223 g/mol. The molecule has 16 heavy (non-hydrogen) atoms. The Kier molecular flexibility index (Phi) is 4.76. The van der Waals surface area contributed by atoms with Gasteiger partial charge in [-0.05, 0) is 18.1 Å². The summed E-state index contributed by atoms with van der Waals surface area (Å²) in [6.07, 6.45) is 5.69. The second-order valence-electron chi connectivity index (χ2n) is 3.69. The molecule has 1 N–H and O–H groups in total. The number of aromatic nitrogens is 1. The molecule has 1 aromatic heterocycles. The zero-order valence-corrected chi connectivity index (χ0v) is 9.64. The van der Waals surface area contributed by atoms with E-state index in [1.165, 1.54) is 0 Å². The summed E-state index contributed by atoms with van der Waals surface area (Å²) >= 11 is 0. The van der Waals surface area contributed by atoms with E-state index in [1.807, 2.05) is 6.92 Å². The van der Waals surface area contributed by atoms with Crippen LogP contribution in [0.4, 0.5) is 0 Å². The molecule has 4 nitrogen and oxygen atoms in total. The Labute approximate surface area is 95.3 Å².